The molecule has 14 heavy (non-hydrogen) atoms. The van der Waals surface area contributed by atoms with Gasteiger partial charge in [0.25, 0.3) is 0 Å². The maximum atomic E-state index is 9.89. The van der Waals surface area contributed by atoms with Crippen molar-refractivity contribution in [2.24, 2.45) is 0 Å². The monoisotopic (exact) mass is 258 g/mol. The van der Waals surface area contributed by atoms with Crippen molar-refractivity contribution in [1.29, 1.82) is 0 Å². The van der Waals surface area contributed by atoms with Crippen LogP contribution in [0.5, 0.6) is 5.75 Å². The topological polar surface area (TPSA) is 40.5 Å². The summed E-state index contributed by atoms with van der Waals surface area (Å²) in [5, 5.41) is 19.1. The lowest BCUT2D eigenvalue weighted by Crippen LogP contribution is -2.22. The van der Waals surface area contributed by atoms with Crippen LogP contribution in [0.15, 0.2) is 16.6 Å². The molecule has 0 spiro atoms. The van der Waals surface area contributed by atoms with Crippen LogP contribution in [-0.2, 0) is 5.41 Å². The van der Waals surface area contributed by atoms with E-state index in [0.29, 0.717) is 4.47 Å². The molecule has 2 N–H and O–H groups in total. The molecular weight excluding hydrogens is 244 g/mol. The van der Waals surface area contributed by atoms with E-state index in [-0.39, 0.29) is 12.4 Å². The molecule has 0 aliphatic heterocycles. The number of rotatable bonds is 2. The minimum absolute atomic E-state index is 0.00998. The smallest absolute Gasteiger partial charge is 0.133 e. The fourth-order valence-corrected chi connectivity index (χ4v) is 1.64. The van der Waals surface area contributed by atoms with E-state index in [2.05, 4.69) is 15.9 Å². The highest BCUT2D eigenvalue weighted by Gasteiger charge is 2.24. The first-order chi connectivity index (χ1) is 6.40. The van der Waals surface area contributed by atoms with Crippen molar-refractivity contribution in [2.45, 2.75) is 26.2 Å². The Kier molecular flexibility index (Phi) is 3.22. The fourth-order valence-electron chi connectivity index (χ4n) is 1.30. The average Bonchev–Trinajstić information content (AvgIpc) is 2.14. The van der Waals surface area contributed by atoms with E-state index in [1.807, 2.05) is 32.9 Å². The summed E-state index contributed by atoms with van der Waals surface area (Å²) in [5.74, 6) is 0.226. The highest BCUT2D eigenvalue weighted by Crippen LogP contribution is 2.37. The number of hydrogen-bond donors (Lipinski definition) is 2. The van der Waals surface area contributed by atoms with E-state index in [1.165, 1.54) is 0 Å². The Morgan fingerprint density at radius 3 is 2.43 bits per heavy atom. The van der Waals surface area contributed by atoms with Gasteiger partial charge in [-0.3, -0.25) is 0 Å². The Morgan fingerprint density at radius 2 is 1.93 bits per heavy atom. The van der Waals surface area contributed by atoms with Crippen LogP contribution in [0.1, 0.15) is 25.0 Å². The van der Waals surface area contributed by atoms with E-state index in [1.54, 1.807) is 0 Å². The van der Waals surface area contributed by atoms with Gasteiger partial charge in [-0.05, 0) is 28.4 Å². The molecule has 0 amide bonds. The summed E-state index contributed by atoms with van der Waals surface area (Å²) in [6, 6.07) is 3.78. The van der Waals surface area contributed by atoms with E-state index < -0.39 is 5.41 Å². The van der Waals surface area contributed by atoms with Crippen molar-refractivity contribution in [3.05, 3.63) is 27.7 Å². The zero-order valence-corrected chi connectivity index (χ0v) is 10.2. The predicted molar refractivity (Wildman–Crippen MR) is 60.7 cm³/mol. The highest BCUT2D eigenvalue weighted by molar-refractivity contribution is 9.10. The molecule has 1 aromatic rings. The molecule has 0 aliphatic carbocycles. The molecule has 0 saturated carbocycles. The van der Waals surface area contributed by atoms with Crippen molar-refractivity contribution in [2.75, 3.05) is 6.61 Å². The van der Waals surface area contributed by atoms with Crippen LogP contribution in [-0.4, -0.2) is 16.8 Å². The molecule has 3 heteroatoms. The average molecular weight is 259 g/mol. The third-order valence-electron chi connectivity index (χ3n) is 2.43. The second kappa shape index (κ2) is 3.91. The lowest BCUT2D eigenvalue weighted by molar-refractivity contribution is 0.215. The molecule has 0 atom stereocenters. The Hall–Kier alpha value is -0.540. The first-order valence-electron chi connectivity index (χ1n) is 4.49. The number of aliphatic hydroxyl groups is 1. The molecule has 0 fully saturated rings. The van der Waals surface area contributed by atoms with Gasteiger partial charge in [-0.15, -0.1) is 0 Å². The second-order valence-electron chi connectivity index (χ2n) is 4.13. The summed E-state index contributed by atoms with van der Waals surface area (Å²) >= 11 is 3.32. The van der Waals surface area contributed by atoms with Gasteiger partial charge >= 0.3 is 0 Å². The largest absolute Gasteiger partial charge is 0.506 e. The van der Waals surface area contributed by atoms with Crippen LogP contribution in [0.4, 0.5) is 0 Å². The molecule has 1 rings (SSSR count). The van der Waals surface area contributed by atoms with Gasteiger partial charge in [-0.25, -0.2) is 0 Å². The van der Waals surface area contributed by atoms with Crippen molar-refractivity contribution in [3.63, 3.8) is 0 Å². The number of aromatic hydroxyl groups is 1. The van der Waals surface area contributed by atoms with Gasteiger partial charge in [0, 0.05) is 11.0 Å². The molecule has 2 nitrogen and oxygen atoms in total. The van der Waals surface area contributed by atoms with Crippen LogP contribution in [0.3, 0.4) is 0 Å². The summed E-state index contributed by atoms with van der Waals surface area (Å²) in [7, 11) is 0. The lowest BCUT2D eigenvalue weighted by Gasteiger charge is -2.24. The second-order valence-corrected chi connectivity index (χ2v) is 4.93. The van der Waals surface area contributed by atoms with Crippen LogP contribution in [0, 0.1) is 6.92 Å². The molecule has 0 aliphatic rings. The molecule has 78 valence electrons. The van der Waals surface area contributed by atoms with Crippen LogP contribution >= 0.6 is 15.9 Å². The lowest BCUT2D eigenvalue weighted by atomic mass is 9.84. The SMILES string of the molecule is Cc1ccc(C(C)(C)CO)c(O)c1Br. The summed E-state index contributed by atoms with van der Waals surface area (Å²) in [4.78, 5) is 0. The molecule has 0 radical (unpaired) electrons. The molecule has 0 saturated heterocycles. The number of halogens is 1. The van der Waals surface area contributed by atoms with Gasteiger partial charge in [0.15, 0.2) is 0 Å². The van der Waals surface area contributed by atoms with Crippen molar-refractivity contribution in [3.8, 4) is 5.75 Å². The third-order valence-corrected chi connectivity index (χ3v) is 3.43. The Balaban J connectivity index is 3.31. The van der Waals surface area contributed by atoms with Crippen molar-refractivity contribution >= 4 is 15.9 Å². The third kappa shape index (κ3) is 1.93. The Morgan fingerprint density at radius 1 is 1.36 bits per heavy atom. The number of phenols is 1. The zero-order chi connectivity index (χ0) is 10.9. The summed E-state index contributed by atoms with van der Waals surface area (Å²) in [5.41, 5.74) is 1.33. The van der Waals surface area contributed by atoms with Gasteiger partial charge in [0.1, 0.15) is 5.75 Å². The van der Waals surface area contributed by atoms with Gasteiger partial charge in [0.2, 0.25) is 0 Å². The van der Waals surface area contributed by atoms with E-state index >= 15 is 0 Å². The van der Waals surface area contributed by atoms with E-state index in [0.717, 1.165) is 11.1 Å². The molecular formula is C11H15BrO2. The predicted octanol–water partition coefficient (Wildman–Crippen LogP) is 2.73. The van der Waals surface area contributed by atoms with Gasteiger partial charge in [-0.1, -0.05) is 26.0 Å². The fraction of sp³-hybridized carbons (Fsp3) is 0.455. The standard InChI is InChI=1S/C11H15BrO2/c1-7-4-5-8(10(14)9(7)12)11(2,3)6-13/h4-5,13-14H,6H2,1-3H3. The zero-order valence-electron chi connectivity index (χ0n) is 8.63. The summed E-state index contributed by atoms with van der Waals surface area (Å²) < 4.78 is 0.705. The van der Waals surface area contributed by atoms with Gasteiger partial charge in [0.05, 0.1) is 11.1 Å². The number of benzene rings is 1. The molecule has 0 heterocycles. The van der Waals surface area contributed by atoms with Crippen LogP contribution in [0.25, 0.3) is 0 Å². The maximum Gasteiger partial charge on any atom is 0.133 e. The number of phenolic OH excluding ortho intramolecular Hbond substituents is 1. The minimum Gasteiger partial charge on any atom is -0.506 e. The minimum atomic E-state index is -0.416. The molecule has 0 aromatic heterocycles. The van der Waals surface area contributed by atoms with E-state index in [9.17, 15) is 10.2 Å². The summed E-state index contributed by atoms with van der Waals surface area (Å²) in [6.45, 7) is 5.71. The molecule has 0 bridgehead atoms. The van der Waals surface area contributed by atoms with Crippen LogP contribution < -0.4 is 0 Å². The van der Waals surface area contributed by atoms with Crippen LogP contribution in [0.2, 0.25) is 0 Å². The van der Waals surface area contributed by atoms with E-state index in [4.69, 9.17) is 0 Å². The van der Waals surface area contributed by atoms with Crippen molar-refractivity contribution < 1.29 is 10.2 Å². The number of aliphatic hydroxyl groups excluding tert-OH is 1. The number of aryl methyl sites for hydroxylation is 1. The van der Waals surface area contributed by atoms with Gasteiger partial charge < -0.3 is 10.2 Å². The first kappa shape index (κ1) is 11.5. The quantitative estimate of drug-likeness (QED) is 0.857. The van der Waals surface area contributed by atoms with Gasteiger partial charge in [-0.2, -0.15) is 0 Å². The Bertz CT molecular complexity index is 345. The normalized spacial score (nSPS) is 11.8. The van der Waals surface area contributed by atoms with Crippen molar-refractivity contribution in [1.82, 2.24) is 0 Å². The Labute approximate surface area is 92.7 Å². The summed E-state index contributed by atoms with van der Waals surface area (Å²) in [6.07, 6.45) is 0. The molecule has 1 aromatic carbocycles. The highest BCUT2D eigenvalue weighted by atomic mass is 79.9. The molecule has 0 unspecified atom stereocenters. The number of hydrogen-bond acceptors (Lipinski definition) is 2. The maximum absolute atomic E-state index is 9.89. The first-order valence-corrected chi connectivity index (χ1v) is 5.29.